The van der Waals surface area contributed by atoms with Crippen molar-refractivity contribution in [1.29, 1.82) is 0 Å². The van der Waals surface area contributed by atoms with Crippen LogP contribution >= 0.6 is 27.5 Å². The number of hydrogen-bond donors (Lipinski definition) is 0. The third kappa shape index (κ3) is 3.77. The first-order valence-electron chi connectivity index (χ1n) is 6.53. The number of halogens is 2. The Morgan fingerprint density at radius 2 is 1.70 bits per heavy atom. The van der Waals surface area contributed by atoms with Crippen molar-refractivity contribution >= 4 is 27.5 Å². The van der Waals surface area contributed by atoms with Crippen molar-refractivity contribution in [2.75, 3.05) is 0 Å². The maximum Gasteiger partial charge on any atom is 0.146 e. The number of alkyl halides is 1. The molecule has 0 aliphatic heterocycles. The number of benzene rings is 2. The Hall–Kier alpha value is -0.990. The zero-order valence-electron chi connectivity index (χ0n) is 11.9. The predicted octanol–water partition coefficient (Wildman–Crippen LogP) is 6.32. The summed E-state index contributed by atoms with van der Waals surface area (Å²) in [7, 11) is 0. The van der Waals surface area contributed by atoms with Gasteiger partial charge in [0.25, 0.3) is 0 Å². The molecular weight excluding hydrogens is 336 g/mol. The van der Waals surface area contributed by atoms with Crippen molar-refractivity contribution in [3.05, 3.63) is 58.6 Å². The molecule has 0 heterocycles. The van der Waals surface area contributed by atoms with Crippen LogP contribution in [0.25, 0.3) is 0 Å². The third-order valence-corrected chi connectivity index (χ3v) is 4.04. The Labute approximate surface area is 134 Å². The normalized spacial score (nSPS) is 11.4. The molecule has 0 aliphatic rings. The van der Waals surface area contributed by atoms with Crippen LogP contribution in [-0.2, 0) is 10.7 Å². The van der Waals surface area contributed by atoms with Gasteiger partial charge in [0.1, 0.15) is 11.5 Å². The van der Waals surface area contributed by atoms with E-state index in [0.717, 1.165) is 16.6 Å². The molecule has 0 amide bonds. The average Bonchev–Trinajstić information content (AvgIpc) is 2.40. The Morgan fingerprint density at radius 1 is 1.05 bits per heavy atom. The molecule has 20 heavy (non-hydrogen) atoms. The second kappa shape index (κ2) is 6.19. The molecule has 0 unspecified atom stereocenters. The second-order valence-corrected chi connectivity index (χ2v) is 6.74. The first-order chi connectivity index (χ1) is 9.40. The van der Waals surface area contributed by atoms with E-state index in [0.29, 0.717) is 10.8 Å². The van der Waals surface area contributed by atoms with Crippen LogP contribution in [0.5, 0.6) is 11.5 Å². The van der Waals surface area contributed by atoms with Gasteiger partial charge in [-0.05, 0) is 40.8 Å². The minimum Gasteiger partial charge on any atom is -0.456 e. The van der Waals surface area contributed by atoms with Crippen LogP contribution in [0, 0.1) is 0 Å². The molecular formula is C17H18BrClO. The van der Waals surface area contributed by atoms with Gasteiger partial charge in [-0.1, -0.05) is 66.5 Å². The summed E-state index contributed by atoms with van der Waals surface area (Å²) in [4.78, 5) is 0. The summed E-state index contributed by atoms with van der Waals surface area (Å²) in [5.74, 6) is 1.48. The van der Waals surface area contributed by atoms with Gasteiger partial charge in [0, 0.05) is 5.33 Å². The monoisotopic (exact) mass is 352 g/mol. The van der Waals surface area contributed by atoms with Crippen molar-refractivity contribution in [2.24, 2.45) is 0 Å². The summed E-state index contributed by atoms with van der Waals surface area (Å²) in [5.41, 5.74) is 2.56. The fraction of sp³-hybridized carbons (Fsp3) is 0.294. The third-order valence-electron chi connectivity index (χ3n) is 3.10. The quantitative estimate of drug-likeness (QED) is 0.586. The highest BCUT2D eigenvalue weighted by molar-refractivity contribution is 9.08. The fourth-order valence-corrected chi connectivity index (χ4v) is 2.45. The van der Waals surface area contributed by atoms with Crippen LogP contribution in [0.1, 0.15) is 31.9 Å². The molecule has 0 bridgehead atoms. The van der Waals surface area contributed by atoms with Crippen LogP contribution in [0.3, 0.4) is 0 Å². The van der Waals surface area contributed by atoms with Gasteiger partial charge in [-0.3, -0.25) is 0 Å². The molecule has 0 saturated heterocycles. The van der Waals surface area contributed by atoms with E-state index >= 15 is 0 Å². The van der Waals surface area contributed by atoms with E-state index < -0.39 is 0 Å². The topological polar surface area (TPSA) is 9.23 Å². The van der Waals surface area contributed by atoms with Crippen molar-refractivity contribution in [2.45, 2.75) is 31.5 Å². The van der Waals surface area contributed by atoms with Gasteiger partial charge in [0.2, 0.25) is 0 Å². The minimum absolute atomic E-state index is 0.147. The summed E-state index contributed by atoms with van der Waals surface area (Å²) in [5, 5.41) is 1.41. The summed E-state index contributed by atoms with van der Waals surface area (Å²) >= 11 is 9.63. The Balaban J connectivity index is 2.18. The summed E-state index contributed by atoms with van der Waals surface area (Å²) in [6.45, 7) is 6.58. The Kier molecular flexibility index (Phi) is 4.77. The molecule has 0 aliphatic carbocycles. The SMILES string of the molecule is CC(C)(C)c1ccc(Oc2ccc(CBr)cc2Cl)cc1. The largest absolute Gasteiger partial charge is 0.456 e. The van der Waals surface area contributed by atoms with Gasteiger partial charge < -0.3 is 4.74 Å². The van der Waals surface area contributed by atoms with Crippen molar-refractivity contribution in [3.8, 4) is 11.5 Å². The lowest BCUT2D eigenvalue weighted by Crippen LogP contribution is -2.10. The molecule has 3 heteroatoms. The van der Waals surface area contributed by atoms with Crippen LogP contribution in [-0.4, -0.2) is 0 Å². The van der Waals surface area contributed by atoms with Crippen LogP contribution < -0.4 is 4.74 Å². The lowest BCUT2D eigenvalue weighted by Gasteiger charge is -2.19. The zero-order chi connectivity index (χ0) is 14.8. The Bertz CT molecular complexity index is 585. The van der Waals surface area contributed by atoms with E-state index in [1.807, 2.05) is 30.3 Å². The van der Waals surface area contributed by atoms with Crippen LogP contribution in [0.4, 0.5) is 0 Å². The van der Waals surface area contributed by atoms with E-state index in [2.05, 4.69) is 48.8 Å². The molecule has 0 N–H and O–H groups in total. The van der Waals surface area contributed by atoms with Crippen LogP contribution in [0.15, 0.2) is 42.5 Å². The van der Waals surface area contributed by atoms with Gasteiger partial charge >= 0.3 is 0 Å². The van der Waals surface area contributed by atoms with Crippen molar-refractivity contribution in [3.63, 3.8) is 0 Å². The molecule has 0 atom stereocenters. The number of ether oxygens (including phenoxy) is 1. The highest BCUT2D eigenvalue weighted by atomic mass is 79.9. The molecule has 2 aromatic rings. The lowest BCUT2D eigenvalue weighted by molar-refractivity contribution is 0.481. The predicted molar refractivity (Wildman–Crippen MR) is 89.3 cm³/mol. The second-order valence-electron chi connectivity index (χ2n) is 5.77. The smallest absolute Gasteiger partial charge is 0.146 e. The van der Waals surface area contributed by atoms with Crippen molar-refractivity contribution in [1.82, 2.24) is 0 Å². The summed E-state index contributed by atoms with van der Waals surface area (Å²) in [6.07, 6.45) is 0. The molecule has 0 spiro atoms. The lowest BCUT2D eigenvalue weighted by atomic mass is 9.87. The molecule has 2 rings (SSSR count). The van der Waals surface area contributed by atoms with Gasteiger partial charge in [0.05, 0.1) is 5.02 Å². The van der Waals surface area contributed by atoms with E-state index in [1.54, 1.807) is 0 Å². The zero-order valence-corrected chi connectivity index (χ0v) is 14.3. The molecule has 0 saturated carbocycles. The highest BCUT2D eigenvalue weighted by Gasteiger charge is 2.13. The summed E-state index contributed by atoms with van der Waals surface area (Å²) < 4.78 is 5.83. The van der Waals surface area contributed by atoms with E-state index in [1.165, 1.54) is 5.56 Å². The van der Waals surface area contributed by atoms with Gasteiger partial charge in [-0.2, -0.15) is 0 Å². The van der Waals surface area contributed by atoms with Gasteiger partial charge in [-0.25, -0.2) is 0 Å². The average molecular weight is 354 g/mol. The summed E-state index contributed by atoms with van der Waals surface area (Å²) in [6, 6.07) is 14.0. The van der Waals surface area contributed by atoms with Gasteiger partial charge in [0.15, 0.2) is 0 Å². The standard InChI is InChI=1S/C17H18BrClO/c1-17(2,3)13-5-7-14(8-6-13)20-16-9-4-12(11-18)10-15(16)19/h4-10H,11H2,1-3H3. The van der Waals surface area contributed by atoms with E-state index in [4.69, 9.17) is 16.3 Å². The fourth-order valence-electron chi connectivity index (χ4n) is 1.86. The molecule has 0 aromatic heterocycles. The molecule has 0 radical (unpaired) electrons. The van der Waals surface area contributed by atoms with E-state index in [9.17, 15) is 0 Å². The molecule has 0 fully saturated rings. The highest BCUT2D eigenvalue weighted by Crippen LogP contribution is 2.32. The first kappa shape index (κ1) is 15.4. The minimum atomic E-state index is 0.147. The molecule has 106 valence electrons. The molecule has 1 nitrogen and oxygen atoms in total. The number of hydrogen-bond acceptors (Lipinski definition) is 1. The van der Waals surface area contributed by atoms with Crippen molar-refractivity contribution < 1.29 is 4.74 Å². The van der Waals surface area contributed by atoms with Gasteiger partial charge in [-0.15, -0.1) is 0 Å². The Morgan fingerprint density at radius 3 is 2.20 bits per heavy atom. The van der Waals surface area contributed by atoms with Crippen LogP contribution in [0.2, 0.25) is 5.02 Å². The number of rotatable bonds is 3. The maximum atomic E-state index is 6.22. The molecule has 2 aromatic carbocycles. The van der Waals surface area contributed by atoms with E-state index in [-0.39, 0.29) is 5.41 Å². The first-order valence-corrected chi connectivity index (χ1v) is 8.03. The maximum absolute atomic E-state index is 6.22.